The van der Waals surface area contributed by atoms with Crippen LogP contribution in [0.1, 0.15) is 65.2 Å². The summed E-state index contributed by atoms with van der Waals surface area (Å²) in [5.74, 6) is 0. The lowest BCUT2D eigenvalue weighted by Crippen LogP contribution is -2.52. The van der Waals surface area contributed by atoms with E-state index in [1.54, 1.807) is 0 Å². The van der Waals surface area contributed by atoms with E-state index in [2.05, 4.69) is 19.2 Å². The molecule has 1 N–H and O–H groups in total. The van der Waals surface area contributed by atoms with Crippen LogP contribution in [0.25, 0.3) is 0 Å². The van der Waals surface area contributed by atoms with Gasteiger partial charge in [-0.3, -0.25) is 0 Å². The molecular formula is C17H31NO2. The fourth-order valence-corrected chi connectivity index (χ4v) is 4.16. The van der Waals surface area contributed by atoms with E-state index in [0.717, 1.165) is 38.7 Å². The average Bonchev–Trinajstić information content (AvgIpc) is 2.42. The summed E-state index contributed by atoms with van der Waals surface area (Å²) in [5, 5.41) is 3.95. The van der Waals surface area contributed by atoms with Crippen molar-refractivity contribution >= 4 is 0 Å². The Bertz CT molecular complexity index is 307. The van der Waals surface area contributed by atoms with Crippen molar-refractivity contribution in [3.05, 3.63) is 0 Å². The first-order chi connectivity index (χ1) is 9.57. The van der Waals surface area contributed by atoms with Crippen molar-refractivity contribution in [2.45, 2.75) is 82.9 Å². The van der Waals surface area contributed by atoms with Gasteiger partial charge in [-0.2, -0.15) is 0 Å². The van der Waals surface area contributed by atoms with E-state index >= 15 is 0 Å². The molecule has 3 aliphatic rings. The van der Waals surface area contributed by atoms with Crippen LogP contribution >= 0.6 is 0 Å². The molecule has 0 radical (unpaired) electrons. The van der Waals surface area contributed by atoms with E-state index in [1.165, 1.54) is 38.5 Å². The summed E-state index contributed by atoms with van der Waals surface area (Å²) < 4.78 is 11.6. The van der Waals surface area contributed by atoms with Crippen LogP contribution in [0.5, 0.6) is 0 Å². The Labute approximate surface area is 123 Å². The molecule has 0 amide bonds. The maximum Gasteiger partial charge on any atom is 0.0741 e. The Kier molecular flexibility index (Phi) is 4.40. The number of hydrogen-bond acceptors (Lipinski definition) is 3. The highest BCUT2D eigenvalue weighted by Crippen LogP contribution is 2.37. The fourth-order valence-electron chi connectivity index (χ4n) is 4.16. The molecule has 3 fully saturated rings. The maximum atomic E-state index is 6.14. The molecule has 1 aliphatic carbocycles. The summed E-state index contributed by atoms with van der Waals surface area (Å²) in [4.78, 5) is 0. The van der Waals surface area contributed by atoms with Gasteiger partial charge >= 0.3 is 0 Å². The second kappa shape index (κ2) is 5.94. The largest absolute Gasteiger partial charge is 0.381 e. The van der Waals surface area contributed by atoms with Gasteiger partial charge < -0.3 is 14.8 Å². The number of hydrogen-bond donors (Lipinski definition) is 1. The lowest BCUT2D eigenvalue weighted by atomic mass is 9.75. The minimum absolute atomic E-state index is 0.127. The first-order valence-corrected chi connectivity index (χ1v) is 8.55. The first kappa shape index (κ1) is 14.8. The second-order valence-corrected chi connectivity index (χ2v) is 7.94. The second-order valence-electron chi connectivity index (χ2n) is 7.94. The molecule has 1 saturated carbocycles. The van der Waals surface area contributed by atoms with Gasteiger partial charge in [0.05, 0.1) is 5.60 Å². The number of nitrogens with one attached hydrogen (secondary N) is 1. The third-order valence-electron chi connectivity index (χ3n) is 5.71. The molecular weight excluding hydrogens is 250 g/mol. The Morgan fingerprint density at radius 2 is 1.55 bits per heavy atom. The van der Waals surface area contributed by atoms with Gasteiger partial charge in [0.1, 0.15) is 0 Å². The van der Waals surface area contributed by atoms with Gasteiger partial charge in [-0.1, -0.05) is 13.8 Å². The van der Waals surface area contributed by atoms with Crippen LogP contribution in [0.15, 0.2) is 0 Å². The fraction of sp³-hybridized carbons (Fsp3) is 1.00. The van der Waals surface area contributed by atoms with Crippen LogP contribution in [-0.4, -0.2) is 37.5 Å². The van der Waals surface area contributed by atoms with Crippen molar-refractivity contribution in [3.8, 4) is 0 Å². The molecule has 3 nitrogen and oxygen atoms in total. The zero-order valence-electron chi connectivity index (χ0n) is 13.2. The van der Waals surface area contributed by atoms with E-state index in [1.807, 2.05) is 0 Å². The summed E-state index contributed by atoms with van der Waals surface area (Å²) in [6.07, 6.45) is 9.98. The van der Waals surface area contributed by atoms with Crippen molar-refractivity contribution < 1.29 is 9.47 Å². The van der Waals surface area contributed by atoms with Crippen molar-refractivity contribution in [1.29, 1.82) is 0 Å². The predicted octanol–water partition coefficient (Wildman–Crippen LogP) is 3.27. The summed E-state index contributed by atoms with van der Waals surface area (Å²) in [7, 11) is 0. The lowest BCUT2D eigenvalue weighted by molar-refractivity contribution is -0.141. The van der Waals surface area contributed by atoms with Crippen LogP contribution in [0, 0.1) is 5.41 Å². The van der Waals surface area contributed by atoms with Gasteiger partial charge in [0, 0.05) is 31.9 Å². The van der Waals surface area contributed by atoms with Crippen LogP contribution in [0.4, 0.5) is 0 Å². The Morgan fingerprint density at radius 3 is 2.25 bits per heavy atom. The predicted molar refractivity (Wildman–Crippen MR) is 80.9 cm³/mol. The minimum Gasteiger partial charge on any atom is -0.381 e. The van der Waals surface area contributed by atoms with Crippen molar-refractivity contribution in [3.63, 3.8) is 0 Å². The topological polar surface area (TPSA) is 30.5 Å². The standard InChI is InChI=1S/C17H31NO2/c1-16(2)6-3-14(4-7-16)18-15-5-10-20-17(13-15)8-11-19-12-9-17/h14-15,18H,3-13H2,1-2H3. The zero-order chi connectivity index (χ0) is 14.1. The quantitative estimate of drug-likeness (QED) is 0.842. The molecule has 0 bridgehead atoms. The molecule has 1 atom stereocenters. The third kappa shape index (κ3) is 3.55. The van der Waals surface area contributed by atoms with E-state index in [-0.39, 0.29) is 5.60 Å². The van der Waals surface area contributed by atoms with Gasteiger partial charge in [-0.05, 0) is 56.8 Å². The Balaban J connectivity index is 1.50. The first-order valence-electron chi connectivity index (χ1n) is 8.55. The smallest absolute Gasteiger partial charge is 0.0741 e. The van der Waals surface area contributed by atoms with Gasteiger partial charge in [-0.15, -0.1) is 0 Å². The highest BCUT2D eigenvalue weighted by Gasteiger charge is 2.39. The molecule has 3 rings (SSSR count). The van der Waals surface area contributed by atoms with Crippen LogP contribution in [0.2, 0.25) is 0 Å². The van der Waals surface area contributed by atoms with Gasteiger partial charge in [0.25, 0.3) is 0 Å². The summed E-state index contributed by atoms with van der Waals surface area (Å²) in [5.41, 5.74) is 0.692. The van der Waals surface area contributed by atoms with Gasteiger partial charge in [0.15, 0.2) is 0 Å². The molecule has 0 aromatic rings. The van der Waals surface area contributed by atoms with E-state index < -0.39 is 0 Å². The van der Waals surface area contributed by atoms with Crippen LogP contribution in [-0.2, 0) is 9.47 Å². The van der Waals surface area contributed by atoms with Gasteiger partial charge in [0.2, 0.25) is 0 Å². The molecule has 1 unspecified atom stereocenters. The molecule has 2 heterocycles. The summed E-state index contributed by atoms with van der Waals surface area (Å²) in [6, 6.07) is 1.40. The maximum absolute atomic E-state index is 6.14. The molecule has 2 aliphatic heterocycles. The average molecular weight is 281 g/mol. The Hall–Kier alpha value is -0.120. The summed E-state index contributed by atoms with van der Waals surface area (Å²) >= 11 is 0. The van der Waals surface area contributed by atoms with E-state index in [4.69, 9.17) is 9.47 Å². The SMILES string of the molecule is CC1(C)CCC(NC2CCOC3(CCOCC3)C2)CC1. The van der Waals surface area contributed by atoms with Crippen LogP contribution in [0.3, 0.4) is 0 Å². The summed E-state index contributed by atoms with van der Waals surface area (Å²) in [6.45, 7) is 7.51. The Morgan fingerprint density at radius 1 is 0.850 bits per heavy atom. The molecule has 116 valence electrons. The molecule has 0 aromatic heterocycles. The normalized spacial score (nSPS) is 34.2. The molecule has 1 spiro atoms. The van der Waals surface area contributed by atoms with Crippen molar-refractivity contribution in [2.75, 3.05) is 19.8 Å². The molecule has 3 heteroatoms. The highest BCUT2D eigenvalue weighted by molar-refractivity contribution is 4.93. The van der Waals surface area contributed by atoms with E-state index in [9.17, 15) is 0 Å². The van der Waals surface area contributed by atoms with Crippen molar-refractivity contribution in [2.24, 2.45) is 5.41 Å². The minimum atomic E-state index is 0.127. The van der Waals surface area contributed by atoms with Gasteiger partial charge in [-0.25, -0.2) is 0 Å². The molecule has 2 saturated heterocycles. The highest BCUT2D eigenvalue weighted by atomic mass is 16.5. The molecule has 0 aromatic carbocycles. The number of ether oxygens (including phenoxy) is 2. The zero-order valence-corrected chi connectivity index (χ0v) is 13.2. The lowest BCUT2D eigenvalue weighted by Gasteiger charge is -2.45. The van der Waals surface area contributed by atoms with Crippen molar-refractivity contribution in [1.82, 2.24) is 5.32 Å². The molecule has 20 heavy (non-hydrogen) atoms. The van der Waals surface area contributed by atoms with E-state index in [0.29, 0.717) is 11.5 Å². The van der Waals surface area contributed by atoms with Crippen LogP contribution < -0.4 is 5.32 Å². The monoisotopic (exact) mass is 281 g/mol. The third-order valence-corrected chi connectivity index (χ3v) is 5.71. The number of rotatable bonds is 2.